The van der Waals surface area contributed by atoms with Crippen molar-refractivity contribution in [2.45, 2.75) is 13.1 Å². The molecule has 0 aliphatic carbocycles. The number of methoxy groups -OCH3 is 2. The van der Waals surface area contributed by atoms with Crippen LogP contribution in [0.3, 0.4) is 0 Å². The number of aliphatic imine (C=N–C) groups is 1. The minimum Gasteiger partial charge on any atom is -0.497 e. The van der Waals surface area contributed by atoms with Gasteiger partial charge in [-0.25, -0.2) is 0 Å². The number of hydrogen-bond donors (Lipinski definition) is 1. The van der Waals surface area contributed by atoms with Crippen molar-refractivity contribution in [3.05, 3.63) is 46.7 Å². The summed E-state index contributed by atoms with van der Waals surface area (Å²) in [4.78, 5) is 6.39. The van der Waals surface area contributed by atoms with Gasteiger partial charge in [-0.1, -0.05) is 11.6 Å². The van der Waals surface area contributed by atoms with Crippen molar-refractivity contribution in [1.29, 1.82) is 0 Å². The SMILES string of the molecule is CN=C(NCc1ccc(OC)cc1OC)N(C)Cc1cc(Cl)cn1C.I. The van der Waals surface area contributed by atoms with Crippen molar-refractivity contribution in [2.24, 2.45) is 12.0 Å². The van der Waals surface area contributed by atoms with Crippen LogP contribution < -0.4 is 14.8 Å². The van der Waals surface area contributed by atoms with Crippen LogP contribution in [0.25, 0.3) is 0 Å². The summed E-state index contributed by atoms with van der Waals surface area (Å²) in [7, 11) is 9.02. The van der Waals surface area contributed by atoms with Gasteiger partial charge in [0.25, 0.3) is 0 Å². The summed E-state index contributed by atoms with van der Waals surface area (Å²) in [6.45, 7) is 1.29. The zero-order valence-electron chi connectivity index (χ0n) is 15.7. The molecule has 1 N–H and O–H groups in total. The molecule has 0 bridgehead atoms. The van der Waals surface area contributed by atoms with Gasteiger partial charge in [-0.3, -0.25) is 4.99 Å². The second-order valence-electron chi connectivity index (χ2n) is 5.70. The van der Waals surface area contributed by atoms with Gasteiger partial charge in [-0.15, -0.1) is 24.0 Å². The Labute approximate surface area is 177 Å². The van der Waals surface area contributed by atoms with Gasteiger partial charge < -0.3 is 24.3 Å². The Morgan fingerprint density at radius 3 is 2.54 bits per heavy atom. The first-order valence-electron chi connectivity index (χ1n) is 7.92. The molecule has 0 aliphatic rings. The molecule has 0 aliphatic heterocycles. The average Bonchev–Trinajstić information content (AvgIpc) is 2.92. The number of aromatic nitrogens is 1. The molecule has 1 heterocycles. The van der Waals surface area contributed by atoms with Crippen LogP contribution in [0.15, 0.2) is 35.5 Å². The summed E-state index contributed by atoms with van der Waals surface area (Å²) >= 11 is 6.05. The van der Waals surface area contributed by atoms with E-state index in [1.807, 2.05) is 54.0 Å². The molecule has 26 heavy (non-hydrogen) atoms. The lowest BCUT2D eigenvalue weighted by atomic mass is 10.2. The van der Waals surface area contributed by atoms with Crippen LogP contribution in [-0.4, -0.2) is 43.7 Å². The number of nitrogens with one attached hydrogen (secondary N) is 1. The monoisotopic (exact) mass is 492 g/mol. The van der Waals surface area contributed by atoms with E-state index in [9.17, 15) is 0 Å². The number of rotatable bonds is 6. The molecule has 144 valence electrons. The Bertz CT molecular complexity index is 749. The molecule has 0 atom stereocenters. The second kappa shape index (κ2) is 10.5. The first-order valence-corrected chi connectivity index (χ1v) is 8.29. The number of guanidine groups is 1. The predicted octanol–water partition coefficient (Wildman–Crippen LogP) is 3.52. The average molecular weight is 493 g/mol. The second-order valence-corrected chi connectivity index (χ2v) is 6.13. The van der Waals surface area contributed by atoms with Crippen molar-refractivity contribution in [2.75, 3.05) is 28.3 Å². The predicted molar refractivity (Wildman–Crippen MR) is 117 cm³/mol. The lowest BCUT2D eigenvalue weighted by molar-refractivity contribution is 0.390. The van der Waals surface area contributed by atoms with E-state index in [0.29, 0.717) is 13.1 Å². The molecular formula is C18H26ClIN4O2. The van der Waals surface area contributed by atoms with E-state index in [1.165, 1.54) is 0 Å². The van der Waals surface area contributed by atoms with E-state index < -0.39 is 0 Å². The normalized spacial score (nSPS) is 10.9. The summed E-state index contributed by atoms with van der Waals surface area (Å²) < 4.78 is 12.7. The third kappa shape index (κ3) is 5.70. The van der Waals surface area contributed by atoms with Gasteiger partial charge in [0.15, 0.2) is 5.96 Å². The minimum atomic E-state index is 0. The van der Waals surface area contributed by atoms with Gasteiger partial charge >= 0.3 is 0 Å². The molecule has 0 amide bonds. The van der Waals surface area contributed by atoms with Crippen LogP contribution in [0.4, 0.5) is 0 Å². The van der Waals surface area contributed by atoms with E-state index in [0.717, 1.165) is 33.7 Å². The van der Waals surface area contributed by atoms with Gasteiger partial charge in [0.1, 0.15) is 11.5 Å². The highest BCUT2D eigenvalue weighted by molar-refractivity contribution is 14.0. The highest BCUT2D eigenvalue weighted by Gasteiger charge is 2.11. The number of nitrogens with zero attached hydrogens (tertiary/aromatic N) is 3. The minimum absolute atomic E-state index is 0. The van der Waals surface area contributed by atoms with Crippen molar-refractivity contribution < 1.29 is 9.47 Å². The molecule has 1 aromatic heterocycles. The van der Waals surface area contributed by atoms with E-state index in [-0.39, 0.29) is 24.0 Å². The highest BCUT2D eigenvalue weighted by atomic mass is 127. The number of benzene rings is 1. The van der Waals surface area contributed by atoms with Crippen LogP contribution in [-0.2, 0) is 20.1 Å². The van der Waals surface area contributed by atoms with Gasteiger partial charge in [-0.05, 0) is 18.2 Å². The molecule has 0 saturated heterocycles. The van der Waals surface area contributed by atoms with Crippen molar-refractivity contribution in [3.63, 3.8) is 0 Å². The Morgan fingerprint density at radius 2 is 2.00 bits per heavy atom. The Kier molecular flexibility index (Phi) is 9.07. The van der Waals surface area contributed by atoms with Crippen LogP contribution >= 0.6 is 35.6 Å². The van der Waals surface area contributed by atoms with Crippen LogP contribution in [0, 0.1) is 0 Å². The number of aryl methyl sites for hydroxylation is 1. The highest BCUT2D eigenvalue weighted by Crippen LogP contribution is 2.24. The largest absolute Gasteiger partial charge is 0.497 e. The summed E-state index contributed by atoms with van der Waals surface area (Å²) in [5, 5.41) is 4.09. The van der Waals surface area contributed by atoms with E-state index >= 15 is 0 Å². The molecule has 6 nitrogen and oxygen atoms in total. The Morgan fingerprint density at radius 1 is 1.27 bits per heavy atom. The first kappa shape index (κ1) is 22.4. The molecule has 8 heteroatoms. The van der Waals surface area contributed by atoms with E-state index in [4.69, 9.17) is 21.1 Å². The van der Waals surface area contributed by atoms with Crippen LogP contribution in [0.2, 0.25) is 5.02 Å². The summed E-state index contributed by atoms with van der Waals surface area (Å²) in [5.74, 6) is 2.33. The lowest BCUT2D eigenvalue weighted by Crippen LogP contribution is -2.38. The Balaban J connectivity index is 0.00000338. The standard InChI is InChI=1S/C18H25ClN4O2.HI/c1-20-18(23(3)12-15-8-14(19)11-22(15)2)21-10-13-6-7-16(24-4)9-17(13)25-5;/h6-9,11H,10,12H2,1-5H3,(H,20,21);1H. The molecule has 2 aromatic rings. The third-order valence-electron chi connectivity index (χ3n) is 3.98. The Hall–Kier alpha value is -1.61. The maximum absolute atomic E-state index is 6.05. The van der Waals surface area contributed by atoms with Crippen LogP contribution in [0.1, 0.15) is 11.3 Å². The molecule has 0 fully saturated rings. The van der Waals surface area contributed by atoms with Crippen molar-refractivity contribution in [1.82, 2.24) is 14.8 Å². The molecule has 0 spiro atoms. The van der Waals surface area contributed by atoms with Gasteiger partial charge in [0.2, 0.25) is 0 Å². The fourth-order valence-corrected chi connectivity index (χ4v) is 2.87. The van der Waals surface area contributed by atoms with Crippen molar-refractivity contribution in [3.8, 4) is 11.5 Å². The van der Waals surface area contributed by atoms with Gasteiger partial charge in [-0.2, -0.15) is 0 Å². The summed E-state index contributed by atoms with van der Waals surface area (Å²) in [5.41, 5.74) is 2.14. The third-order valence-corrected chi connectivity index (χ3v) is 4.18. The van der Waals surface area contributed by atoms with E-state index in [2.05, 4.69) is 10.3 Å². The first-order chi connectivity index (χ1) is 12.0. The lowest BCUT2D eigenvalue weighted by Gasteiger charge is -2.23. The summed E-state index contributed by atoms with van der Waals surface area (Å²) in [6, 6.07) is 7.72. The fourth-order valence-electron chi connectivity index (χ4n) is 2.60. The maximum Gasteiger partial charge on any atom is 0.194 e. The smallest absolute Gasteiger partial charge is 0.194 e. The number of ether oxygens (including phenoxy) is 2. The van der Waals surface area contributed by atoms with E-state index in [1.54, 1.807) is 21.3 Å². The van der Waals surface area contributed by atoms with Crippen LogP contribution in [0.5, 0.6) is 11.5 Å². The molecule has 2 rings (SSSR count). The molecule has 0 saturated carbocycles. The number of hydrogen-bond acceptors (Lipinski definition) is 3. The number of halogens is 2. The fraction of sp³-hybridized carbons (Fsp3) is 0.389. The topological polar surface area (TPSA) is 51.0 Å². The van der Waals surface area contributed by atoms with Gasteiger partial charge in [0, 0.05) is 51.2 Å². The quantitative estimate of drug-likeness (QED) is 0.381. The zero-order chi connectivity index (χ0) is 18.4. The molecule has 0 radical (unpaired) electrons. The molecule has 0 unspecified atom stereocenters. The summed E-state index contributed by atoms with van der Waals surface area (Å²) in [6.07, 6.45) is 1.89. The van der Waals surface area contributed by atoms with Crippen molar-refractivity contribution >= 4 is 41.5 Å². The maximum atomic E-state index is 6.05. The molecular weight excluding hydrogens is 467 g/mol. The molecule has 1 aromatic carbocycles. The van der Waals surface area contributed by atoms with Gasteiger partial charge in [0.05, 0.1) is 25.8 Å². The zero-order valence-corrected chi connectivity index (χ0v) is 18.8.